The lowest BCUT2D eigenvalue weighted by Gasteiger charge is -2.59. The molecule has 3 heterocycles. The molecule has 1 aliphatic heterocycles. The molecule has 0 saturated heterocycles. The first kappa shape index (κ1) is 25.8. The largest absolute Gasteiger partial charge is 0.459 e. The van der Waals surface area contributed by atoms with Crippen molar-refractivity contribution in [2.75, 3.05) is 13.2 Å². The van der Waals surface area contributed by atoms with Gasteiger partial charge in [-0.15, -0.1) is 0 Å². The van der Waals surface area contributed by atoms with Crippen LogP contribution >= 0.6 is 0 Å². The fourth-order valence-electron chi connectivity index (χ4n) is 6.63. The molecule has 2 fully saturated rings. The van der Waals surface area contributed by atoms with Gasteiger partial charge < -0.3 is 23.0 Å². The number of hydrogen-bond donors (Lipinski definition) is 0. The number of ether oxygens (including phenoxy) is 3. The summed E-state index contributed by atoms with van der Waals surface area (Å²) in [5.74, 6) is -1.19. The van der Waals surface area contributed by atoms with Crippen LogP contribution in [0.4, 0.5) is 0 Å². The Kier molecular flexibility index (Phi) is 6.90. The predicted molar refractivity (Wildman–Crippen MR) is 136 cm³/mol. The fourth-order valence-corrected chi connectivity index (χ4v) is 6.63. The zero-order valence-corrected chi connectivity index (χ0v) is 21.6. The lowest BCUT2D eigenvalue weighted by molar-refractivity contribution is -0.150. The Morgan fingerprint density at radius 2 is 1.82 bits per heavy atom. The van der Waals surface area contributed by atoms with Gasteiger partial charge in [0.1, 0.15) is 19.3 Å². The molecule has 0 unspecified atom stereocenters. The van der Waals surface area contributed by atoms with E-state index in [1.165, 1.54) is 12.5 Å². The maximum absolute atomic E-state index is 12.9. The Hall–Kier alpha value is -3.81. The van der Waals surface area contributed by atoms with Crippen LogP contribution in [0.1, 0.15) is 60.6 Å². The molecule has 2 aliphatic carbocycles. The second-order valence-corrected chi connectivity index (χ2v) is 10.8. The summed E-state index contributed by atoms with van der Waals surface area (Å²) in [6.07, 6.45) is 10.9. The van der Waals surface area contributed by atoms with Gasteiger partial charge in [-0.25, -0.2) is 14.4 Å². The van der Waals surface area contributed by atoms with E-state index in [0.29, 0.717) is 12.0 Å². The number of esters is 3. The third-order valence-corrected chi connectivity index (χ3v) is 8.61. The van der Waals surface area contributed by atoms with Crippen LogP contribution < -0.4 is 0 Å². The highest BCUT2D eigenvalue weighted by molar-refractivity contribution is 5.93. The first-order valence-corrected chi connectivity index (χ1v) is 12.9. The van der Waals surface area contributed by atoms with E-state index in [1.54, 1.807) is 30.3 Å². The van der Waals surface area contributed by atoms with Gasteiger partial charge in [-0.05, 0) is 67.4 Å². The van der Waals surface area contributed by atoms with Crippen molar-refractivity contribution in [3.05, 3.63) is 84.3 Å². The second kappa shape index (κ2) is 10.2. The number of cyclic esters (lactones) is 1. The molecule has 8 nitrogen and oxygen atoms in total. The lowest BCUT2D eigenvalue weighted by atomic mass is 9.46. The molecule has 3 aliphatic rings. The molecule has 0 amide bonds. The number of allylic oxidation sites excluding steroid dienone is 2. The summed E-state index contributed by atoms with van der Waals surface area (Å²) in [6.45, 7) is 8.94. The average molecular weight is 521 g/mol. The van der Waals surface area contributed by atoms with Gasteiger partial charge in [-0.3, -0.25) is 0 Å². The summed E-state index contributed by atoms with van der Waals surface area (Å²) in [6, 6.07) is 6.39. The van der Waals surface area contributed by atoms with Gasteiger partial charge in [0.2, 0.25) is 11.5 Å². The SMILES string of the molecule is C=C1CC[C@@H]2[C@](C)(COC(=O)c3ccco3)[C@H](OC(=O)c3ccco3)CC[C@@]2(C)[C@@H]1/C=C/C1=CCOC1=O. The van der Waals surface area contributed by atoms with E-state index in [4.69, 9.17) is 23.0 Å². The van der Waals surface area contributed by atoms with Gasteiger partial charge in [0, 0.05) is 11.3 Å². The number of carbonyl (C=O) groups is 3. The van der Waals surface area contributed by atoms with Crippen LogP contribution in [0.3, 0.4) is 0 Å². The summed E-state index contributed by atoms with van der Waals surface area (Å²) in [7, 11) is 0. The van der Waals surface area contributed by atoms with Crippen LogP contribution in [-0.2, 0) is 19.0 Å². The number of rotatable bonds is 7. The molecule has 2 saturated carbocycles. The van der Waals surface area contributed by atoms with Crippen LogP contribution in [0.2, 0.25) is 0 Å². The highest BCUT2D eigenvalue weighted by Crippen LogP contribution is 2.62. The van der Waals surface area contributed by atoms with Crippen molar-refractivity contribution < 1.29 is 37.4 Å². The third kappa shape index (κ3) is 4.64. The lowest BCUT2D eigenvalue weighted by Crippen LogP contribution is -2.58. The molecule has 38 heavy (non-hydrogen) atoms. The summed E-state index contributed by atoms with van der Waals surface area (Å²) < 4.78 is 27.3. The van der Waals surface area contributed by atoms with Crippen LogP contribution in [0.5, 0.6) is 0 Å². The zero-order chi connectivity index (χ0) is 26.9. The molecule has 2 aromatic rings. The Bertz CT molecular complexity index is 1270. The van der Waals surface area contributed by atoms with Crippen LogP contribution in [0, 0.1) is 22.7 Å². The molecule has 200 valence electrons. The quantitative estimate of drug-likeness (QED) is 0.261. The minimum Gasteiger partial charge on any atom is -0.459 e. The van der Waals surface area contributed by atoms with Crippen LogP contribution in [0.25, 0.3) is 0 Å². The Labute approximate surface area is 221 Å². The molecule has 0 N–H and O–H groups in total. The average Bonchev–Trinajstić information content (AvgIpc) is 3.68. The number of carbonyl (C=O) groups excluding carboxylic acids is 3. The van der Waals surface area contributed by atoms with Crippen LogP contribution in [0.15, 0.2) is 81.6 Å². The Morgan fingerprint density at radius 3 is 2.45 bits per heavy atom. The predicted octanol–water partition coefficient (Wildman–Crippen LogP) is 5.68. The molecular formula is C30H32O8. The van der Waals surface area contributed by atoms with E-state index in [0.717, 1.165) is 24.8 Å². The minimum absolute atomic E-state index is 0.0163. The van der Waals surface area contributed by atoms with Crippen molar-refractivity contribution in [1.82, 2.24) is 0 Å². The number of furan rings is 2. The first-order valence-electron chi connectivity index (χ1n) is 12.9. The van der Waals surface area contributed by atoms with Gasteiger partial charge in [-0.1, -0.05) is 38.2 Å². The molecule has 0 aromatic carbocycles. The highest BCUT2D eigenvalue weighted by Gasteiger charge is 2.59. The van der Waals surface area contributed by atoms with Crippen LogP contribution in [-0.4, -0.2) is 37.2 Å². The van der Waals surface area contributed by atoms with E-state index in [2.05, 4.69) is 19.6 Å². The summed E-state index contributed by atoms with van der Waals surface area (Å²) in [4.78, 5) is 37.6. The standard InChI is InChI=1S/C30H32O8/c1-19-8-11-24-29(2,21(19)10-9-20-13-17-36-26(20)31)14-12-25(38-28(33)23-7-5-16-35-23)30(24,3)18-37-27(32)22-6-4-15-34-22/h4-7,9-10,13,15-16,21,24-25H,1,8,11-12,14,17-18H2,2-3H3/b10-9+/t21-,24+,25-,29+,30+/m1/s1. The monoisotopic (exact) mass is 520 g/mol. The van der Waals surface area contributed by atoms with Gasteiger partial charge in [0.05, 0.1) is 18.1 Å². The summed E-state index contributed by atoms with van der Waals surface area (Å²) in [5, 5.41) is 0. The van der Waals surface area contributed by atoms with Crippen molar-refractivity contribution in [2.45, 2.75) is 45.6 Å². The summed E-state index contributed by atoms with van der Waals surface area (Å²) in [5.41, 5.74) is 0.664. The van der Waals surface area contributed by atoms with E-state index in [1.807, 2.05) is 13.0 Å². The first-order chi connectivity index (χ1) is 18.2. The van der Waals surface area contributed by atoms with E-state index in [9.17, 15) is 14.4 Å². The summed E-state index contributed by atoms with van der Waals surface area (Å²) >= 11 is 0. The molecule has 0 radical (unpaired) electrons. The topological polar surface area (TPSA) is 105 Å². The van der Waals surface area contributed by atoms with Gasteiger partial charge in [-0.2, -0.15) is 0 Å². The second-order valence-electron chi connectivity index (χ2n) is 10.8. The Morgan fingerprint density at radius 1 is 1.11 bits per heavy atom. The fraction of sp³-hybridized carbons (Fsp3) is 0.433. The van der Waals surface area contributed by atoms with E-state index < -0.39 is 23.5 Å². The molecule has 0 spiro atoms. The third-order valence-electron chi connectivity index (χ3n) is 8.61. The number of fused-ring (bicyclic) bond motifs is 1. The van der Waals surface area contributed by atoms with E-state index >= 15 is 0 Å². The van der Waals surface area contributed by atoms with Crippen molar-refractivity contribution in [2.24, 2.45) is 22.7 Å². The maximum atomic E-state index is 12.9. The zero-order valence-electron chi connectivity index (χ0n) is 21.6. The minimum atomic E-state index is -0.699. The normalized spacial score (nSPS) is 31.0. The highest BCUT2D eigenvalue weighted by atomic mass is 16.6. The van der Waals surface area contributed by atoms with Gasteiger partial charge in [0.25, 0.3) is 0 Å². The molecule has 5 rings (SSSR count). The van der Waals surface area contributed by atoms with Crippen molar-refractivity contribution in [3.8, 4) is 0 Å². The van der Waals surface area contributed by atoms with Crippen molar-refractivity contribution >= 4 is 17.9 Å². The van der Waals surface area contributed by atoms with Gasteiger partial charge in [0.15, 0.2) is 0 Å². The van der Waals surface area contributed by atoms with Crippen molar-refractivity contribution in [1.29, 1.82) is 0 Å². The van der Waals surface area contributed by atoms with Crippen molar-refractivity contribution in [3.63, 3.8) is 0 Å². The Balaban J connectivity index is 1.45. The van der Waals surface area contributed by atoms with Gasteiger partial charge >= 0.3 is 17.9 Å². The molecular weight excluding hydrogens is 488 g/mol. The van der Waals surface area contributed by atoms with E-state index in [-0.39, 0.29) is 48.0 Å². The maximum Gasteiger partial charge on any atom is 0.374 e. The molecule has 5 atom stereocenters. The molecule has 8 heteroatoms. The number of hydrogen-bond acceptors (Lipinski definition) is 8. The molecule has 2 aromatic heterocycles. The smallest absolute Gasteiger partial charge is 0.374 e. The molecule has 0 bridgehead atoms.